The van der Waals surface area contributed by atoms with Gasteiger partial charge in [-0.05, 0) is 30.0 Å². The lowest BCUT2D eigenvalue weighted by atomic mass is 10.0. The lowest BCUT2D eigenvalue weighted by Crippen LogP contribution is -2.24. The first-order valence-electron chi connectivity index (χ1n) is 9.02. The molecule has 2 rings (SSSR count). The van der Waals surface area contributed by atoms with E-state index in [9.17, 15) is 14.4 Å². The van der Waals surface area contributed by atoms with Gasteiger partial charge in [-0.25, -0.2) is 9.59 Å². The monoisotopic (exact) mass is 368 g/mol. The van der Waals surface area contributed by atoms with Crippen molar-refractivity contribution in [3.05, 3.63) is 71.3 Å². The molecule has 0 heterocycles. The molecule has 0 saturated heterocycles. The quantitative estimate of drug-likeness (QED) is 0.528. The molecule has 2 aromatic carbocycles. The summed E-state index contributed by atoms with van der Waals surface area (Å²) in [5.74, 6) is -1.85. The third kappa shape index (κ3) is 5.78. The van der Waals surface area contributed by atoms with E-state index in [2.05, 4.69) is 13.8 Å². The Bertz CT molecular complexity index is 778. The van der Waals surface area contributed by atoms with Gasteiger partial charge >= 0.3 is 17.9 Å². The second-order valence-corrected chi connectivity index (χ2v) is 6.52. The molecular formula is C22H24O5. The number of rotatable bonds is 7. The van der Waals surface area contributed by atoms with Crippen LogP contribution >= 0.6 is 0 Å². The molecule has 0 saturated carbocycles. The van der Waals surface area contributed by atoms with Crippen LogP contribution in [0.2, 0.25) is 0 Å². The smallest absolute Gasteiger partial charge is 0.359 e. The van der Waals surface area contributed by atoms with Crippen LogP contribution in [0.25, 0.3) is 0 Å². The molecule has 0 spiro atoms. The summed E-state index contributed by atoms with van der Waals surface area (Å²) in [6, 6.07) is 15.5. The van der Waals surface area contributed by atoms with E-state index in [-0.39, 0.29) is 6.42 Å². The summed E-state index contributed by atoms with van der Waals surface area (Å²) in [7, 11) is 0. The highest BCUT2D eigenvalue weighted by Gasteiger charge is 2.29. The van der Waals surface area contributed by atoms with Crippen molar-refractivity contribution < 1.29 is 23.9 Å². The molecule has 1 unspecified atom stereocenters. The fourth-order valence-corrected chi connectivity index (χ4v) is 2.48. The molecule has 0 aromatic heterocycles. The summed E-state index contributed by atoms with van der Waals surface area (Å²) in [6.07, 6.45) is -0.619. The van der Waals surface area contributed by atoms with Gasteiger partial charge in [0, 0.05) is 12.0 Å². The van der Waals surface area contributed by atoms with Gasteiger partial charge in [-0.2, -0.15) is 0 Å². The fraction of sp³-hybridized carbons (Fsp3) is 0.318. The third-order valence-electron chi connectivity index (χ3n) is 4.02. The SMILES string of the molecule is CCCC(=O)OC(=O)C(OC(=O)c1ccc(C(C)C)cc1)c1ccccc1. The topological polar surface area (TPSA) is 69.7 Å². The predicted molar refractivity (Wildman–Crippen MR) is 101 cm³/mol. The van der Waals surface area contributed by atoms with Crippen molar-refractivity contribution in [2.24, 2.45) is 0 Å². The van der Waals surface area contributed by atoms with Gasteiger partial charge in [0.1, 0.15) is 0 Å². The maximum absolute atomic E-state index is 12.5. The zero-order chi connectivity index (χ0) is 19.8. The van der Waals surface area contributed by atoms with Crippen molar-refractivity contribution in [2.45, 2.75) is 45.6 Å². The molecule has 2 aromatic rings. The molecule has 0 aliphatic rings. The van der Waals surface area contributed by atoms with Crippen molar-refractivity contribution in [3.8, 4) is 0 Å². The summed E-state index contributed by atoms with van der Waals surface area (Å²) >= 11 is 0. The first kappa shape index (κ1) is 20.4. The number of carbonyl (C=O) groups is 3. The molecule has 0 aliphatic heterocycles. The molecule has 0 N–H and O–H groups in total. The molecule has 5 nitrogen and oxygen atoms in total. The van der Waals surface area contributed by atoms with Crippen LogP contribution in [0.1, 0.15) is 67.1 Å². The summed E-state index contributed by atoms with van der Waals surface area (Å²) in [5, 5.41) is 0. The number of hydrogen-bond donors (Lipinski definition) is 0. The van der Waals surface area contributed by atoms with Crippen LogP contribution < -0.4 is 0 Å². The highest BCUT2D eigenvalue weighted by Crippen LogP contribution is 2.22. The standard InChI is InChI=1S/C22H24O5/c1-4-8-19(23)26-22(25)20(17-9-6-5-7-10-17)27-21(24)18-13-11-16(12-14-18)15(2)3/h5-7,9-15,20H,4,8H2,1-3H3. The Labute approximate surface area is 159 Å². The molecule has 5 heteroatoms. The molecule has 27 heavy (non-hydrogen) atoms. The van der Waals surface area contributed by atoms with Crippen LogP contribution in [0.15, 0.2) is 54.6 Å². The predicted octanol–water partition coefficient (Wildman–Crippen LogP) is 4.58. The van der Waals surface area contributed by atoms with E-state index in [0.717, 1.165) is 5.56 Å². The Morgan fingerprint density at radius 3 is 2.07 bits per heavy atom. The maximum atomic E-state index is 12.5. The zero-order valence-corrected chi connectivity index (χ0v) is 15.8. The van der Waals surface area contributed by atoms with E-state index in [4.69, 9.17) is 9.47 Å². The second kappa shape index (κ2) is 9.67. The first-order valence-corrected chi connectivity index (χ1v) is 9.02. The van der Waals surface area contributed by atoms with Crippen molar-refractivity contribution in [2.75, 3.05) is 0 Å². The molecule has 0 amide bonds. The lowest BCUT2D eigenvalue weighted by Gasteiger charge is -2.17. The van der Waals surface area contributed by atoms with Crippen molar-refractivity contribution in [1.29, 1.82) is 0 Å². The number of hydrogen-bond acceptors (Lipinski definition) is 5. The van der Waals surface area contributed by atoms with Crippen molar-refractivity contribution in [1.82, 2.24) is 0 Å². The van der Waals surface area contributed by atoms with Gasteiger partial charge in [0.25, 0.3) is 0 Å². The van der Waals surface area contributed by atoms with Crippen LogP contribution in [-0.2, 0) is 19.1 Å². The Kier molecular flexibility index (Phi) is 7.29. The Balaban J connectivity index is 2.19. The van der Waals surface area contributed by atoms with Gasteiger partial charge in [-0.1, -0.05) is 63.2 Å². The van der Waals surface area contributed by atoms with E-state index in [1.54, 1.807) is 49.4 Å². The summed E-state index contributed by atoms with van der Waals surface area (Å²) in [4.78, 5) is 36.6. The minimum absolute atomic E-state index is 0.123. The van der Waals surface area contributed by atoms with Gasteiger partial charge in [0.15, 0.2) is 0 Å². The van der Waals surface area contributed by atoms with Gasteiger partial charge in [-0.3, -0.25) is 4.79 Å². The Morgan fingerprint density at radius 1 is 0.889 bits per heavy atom. The van der Waals surface area contributed by atoms with Crippen molar-refractivity contribution >= 4 is 17.9 Å². The minimum Gasteiger partial charge on any atom is -0.442 e. The number of carbonyl (C=O) groups excluding carboxylic acids is 3. The van der Waals surface area contributed by atoms with Crippen LogP contribution in [-0.4, -0.2) is 17.9 Å². The molecule has 142 valence electrons. The first-order chi connectivity index (χ1) is 12.9. The van der Waals surface area contributed by atoms with Crippen LogP contribution in [0.3, 0.4) is 0 Å². The molecule has 1 atom stereocenters. The van der Waals surface area contributed by atoms with Gasteiger partial charge in [0.05, 0.1) is 5.56 Å². The van der Waals surface area contributed by atoms with E-state index < -0.39 is 24.0 Å². The molecular weight excluding hydrogens is 344 g/mol. The van der Waals surface area contributed by atoms with E-state index in [0.29, 0.717) is 23.5 Å². The van der Waals surface area contributed by atoms with E-state index in [1.165, 1.54) is 0 Å². The largest absolute Gasteiger partial charge is 0.442 e. The third-order valence-corrected chi connectivity index (χ3v) is 4.02. The second-order valence-electron chi connectivity index (χ2n) is 6.52. The number of ether oxygens (including phenoxy) is 2. The van der Waals surface area contributed by atoms with Crippen LogP contribution in [0.4, 0.5) is 0 Å². The minimum atomic E-state index is -1.30. The Hall–Kier alpha value is -2.95. The molecule has 0 aliphatic carbocycles. The van der Waals surface area contributed by atoms with Gasteiger partial charge in [0.2, 0.25) is 6.10 Å². The Morgan fingerprint density at radius 2 is 1.52 bits per heavy atom. The average Bonchev–Trinajstić information content (AvgIpc) is 2.66. The molecule has 0 bridgehead atoms. The van der Waals surface area contributed by atoms with Crippen LogP contribution in [0.5, 0.6) is 0 Å². The molecule has 0 fully saturated rings. The number of esters is 3. The van der Waals surface area contributed by atoms with E-state index >= 15 is 0 Å². The maximum Gasteiger partial charge on any atom is 0.359 e. The highest BCUT2D eigenvalue weighted by molar-refractivity contribution is 5.94. The summed E-state index contributed by atoms with van der Waals surface area (Å²) in [6.45, 7) is 5.92. The zero-order valence-electron chi connectivity index (χ0n) is 15.8. The summed E-state index contributed by atoms with van der Waals surface area (Å²) < 4.78 is 10.2. The molecule has 0 radical (unpaired) electrons. The highest BCUT2D eigenvalue weighted by atomic mass is 16.6. The van der Waals surface area contributed by atoms with Gasteiger partial charge < -0.3 is 9.47 Å². The fourth-order valence-electron chi connectivity index (χ4n) is 2.48. The van der Waals surface area contributed by atoms with Crippen LogP contribution in [0, 0.1) is 0 Å². The summed E-state index contributed by atoms with van der Waals surface area (Å²) in [5.41, 5.74) is 1.86. The average molecular weight is 368 g/mol. The number of benzene rings is 2. The van der Waals surface area contributed by atoms with E-state index in [1.807, 2.05) is 12.1 Å². The lowest BCUT2D eigenvalue weighted by molar-refractivity contribution is -0.166. The van der Waals surface area contributed by atoms with Gasteiger partial charge in [-0.15, -0.1) is 0 Å². The van der Waals surface area contributed by atoms with Crippen molar-refractivity contribution in [3.63, 3.8) is 0 Å². The normalized spacial score (nSPS) is 11.7.